The standard InChI is InChI=1S/C14H13FO4/c1-3-8-14(12(16)17,13(18)19-4-2)10-6-5-7-11(15)9-10/h1,5-7,9H,4,8H2,2H3,(H,16,17). The van der Waals surface area contributed by atoms with Crippen molar-refractivity contribution in [2.75, 3.05) is 6.61 Å². The molecule has 0 bridgehead atoms. The number of carbonyl (C=O) groups is 2. The Kier molecular flexibility index (Phi) is 4.65. The Bertz CT molecular complexity index is 532. The summed E-state index contributed by atoms with van der Waals surface area (Å²) < 4.78 is 18.0. The van der Waals surface area contributed by atoms with Crippen LogP contribution in [0, 0.1) is 18.2 Å². The molecule has 0 aliphatic carbocycles. The maximum atomic E-state index is 13.3. The second-order valence-corrected chi connectivity index (χ2v) is 3.82. The van der Waals surface area contributed by atoms with Crippen LogP contribution < -0.4 is 0 Å². The Morgan fingerprint density at radius 3 is 2.68 bits per heavy atom. The molecule has 1 N–H and O–H groups in total. The molecule has 1 unspecified atom stereocenters. The Morgan fingerprint density at radius 1 is 1.53 bits per heavy atom. The summed E-state index contributed by atoms with van der Waals surface area (Å²) in [6.45, 7) is 1.56. The van der Waals surface area contributed by atoms with Gasteiger partial charge >= 0.3 is 11.9 Å². The number of carboxylic acid groups (broad SMARTS) is 1. The van der Waals surface area contributed by atoms with Gasteiger partial charge in [-0.05, 0) is 24.6 Å². The molecule has 1 atom stereocenters. The molecule has 0 aliphatic rings. The third-order valence-corrected chi connectivity index (χ3v) is 2.67. The van der Waals surface area contributed by atoms with Crippen molar-refractivity contribution in [1.82, 2.24) is 0 Å². The van der Waals surface area contributed by atoms with E-state index in [0.29, 0.717) is 0 Å². The molecule has 0 fully saturated rings. The number of benzene rings is 1. The van der Waals surface area contributed by atoms with Crippen LogP contribution in [-0.2, 0) is 19.7 Å². The molecule has 0 aromatic heterocycles. The minimum absolute atomic E-state index is 0.00769. The fourth-order valence-corrected chi connectivity index (χ4v) is 1.74. The van der Waals surface area contributed by atoms with E-state index in [-0.39, 0.29) is 12.2 Å². The van der Waals surface area contributed by atoms with Gasteiger partial charge in [-0.3, -0.25) is 9.59 Å². The maximum Gasteiger partial charge on any atom is 0.329 e. The predicted octanol–water partition coefficient (Wildman–Crippen LogP) is 1.73. The highest BCUT2D eigenvalue weighted by atomic mass is 19.1. The molecule has 1 aromatic carbocycles. The van der Waals surface area contributed by atoms with Gasteiger partial charge < -0.3 is 9.84 Å². The average molecular weight is 264 g/mol. The van der Waals surface area contributed by atoms with Crippen LogP contribution in [0.2, 0.25) is 0 Å². The van der Waals surface area contributed by atoms with Gasteiger partial charge in [0.1, 0.15) is 5.82 Å². The third kappa shape index (κ3) is 2.74. The van der Waals surface area contributed by atoms with E-state index in [1.807, 2.05) is 0 Å². The maximum absolute atomic E-state index is 13.3. The van der Waals surface area contributed by atoms with E-state index in [9.17, 15) is 19.1 Å². The molecule has 0 radical (unpaired) electrons. The summed E-state index contributed by atoms with van der Waals surface area (Å²) >= 11 is 0. The molecule has 1 rings (SSSR count). The SMILES string of the molecule is C#CCC(C(=O)O)(C(=O)OCC)c1cccc(F)c1. The smallest absolute Gasteiger partial charge is 0.329 e. The van der Waals surface area contributed by atoms with Gasteiger partial charge in [0, 0.05) is 6.42 Å². The second-order valence-electron chi connectivity index (χ2n) is 3.82. The van der Waals surface area contributed by atoms with E-state index in [1.165, 1.54) is 12.1 Å². The van der Waals surface area contributed by atoms with Gasteiger partial charge in [0.2, 0.25) is 5.41 Å². The highest BCUT2D eigenvalue weighted by Gasteiger charge is 2.49. The predicted molar refractivity (Wildman–Crippen MR) is 65.8 cm³/mol. The molecule has 0 aliphatic heterocycles. The number of halogens is 1. The van der Waals surface area contributed by atoms with Gasteiger partial charge in [-0.1, -0.05) is 12.1 Å². The first-order chi connectivity index (χ1) is 8.98. The lowest BCUT2D eigenvalue weighted by atomic mass is 9.77. The molecular formula is C14H13FO4. The average Bonchev–Trinajstić information content (AvgIpc) is 2.35. The Balaban J connectivity index is 3.44. The third-order valence-electron chi connectivity index (χ3n) is 2.67. The molecule has 4 nitrogen and oxygen atoms in total. The van der Waals surface area contributed by atoms with Crippen molar-refractivity contribution in [1.29, 1.82) is 0 Å². The topological polar surface area (TPSA) is 63.6 Å². The number of esters is 1. The summed E-state index contributed by atoms with van der Waals surface area (Å²) in [5.41, 5.74) is -2.11. The fraction of sp³-hybridized carbons (Fsp3) is 0.286. The Labute approximate surface area is 110 Å². The van der Waals surface area contributed by atoms with Gasteiger partial charge in [-0.2, -0.15) is 0 Å². The molecule has 100 valence electrons. The van der Waals surface area contributed by atoms with Crippen molar-refractivity contribution in [2.45, 2.75) is 18.8 Å². The Morgan fingerprint density at radius 2 is 2.21 bits per heavy atom. The van der Waals surface area contributed by atoms with Crippen molar-refractivity contribution >= 4 is 11.9 Å². The lowest BCUT2D eigenvalue weighted by Gasteiger charge is -2.25. The number of carbonyl (C=O) groups excluding carboxylic acids is 1. The minimum atomic E-state index is -2.08. The largest absolute Gasteiger partial charge is 0.480 e. The zero-order valence-electron chi connectivity index (χ0n) is 10.4. The molecular weight excluding hydrogens is 251 g/mol. The first-order valence-electron chi connectivity index (χ1n) is 5.59. The monoisotopic (exact) mass is 264 g/mol. The van der Waals surface area contributed by atoms with E-state index < -0.39 is 29.6 Å². The highest BCUT2D eigenvalue weighted by Crippen LogP contribution is 2.30. The van der Waals surface area contributed by atoms with Crippen LogP contribution in [0.3, 0.4) is 0 Å². The number of ether oxygens (including phenoxy) is 1. The molecule has 19 heavy (non-hydrogen) atoms. The van der Waals surface area contributed by atoms with Crippen molar-refractivity contribution in [2.24, 2.45) is 0 Å². The molecule has 0 heterocycles. The first-order valence-corrected chi connectivity index (χ1v) is 5.59. The van der Waals surface area contributed by atoms with Crippen molar-refractivity contribution in [3.63, 3.8) is 0 Å². The minimum Gasteiger partial charge on any atom is -0.480 e. The van der Waals surface area contributed by atoms with Crippen molar-refractivity contribution in [3.8, 4) is 12.3 Å². The summed E-state index contributed by atoms with van der Waals surface area (Å²) in [5.74, 6) is -0.963. The molecule has 0 spiro atoms. The summed E-state index contributed by atoms with van der Waals surface area (Å²) in [7, 11) is 0. The lowest BCUT2D eigenvalue weighted by Crippen LogP contribution is -2.45. The van der Waals surface area contributed by atoms with Crippen LogP contribution in [0.15, 0.2) is 24.3 Å². The van der Waals surface area contributed by atoms with Crippen LogP contribution in [-0.4, -0.2) is 23.7 Å². The molecule has 0 amide bonds. The summed E-state index contributed by atoms with van der Waals surface area (Å²) in [6, 6.07) is 4.78. The quantitative estimate of drug-likeness (QED) is 0.500. The summed E-state index contributed by atoms with van der Waals surface area (Å²) in [4.78, 5) is 23.5. The van der Waals surface area contributed by atoms with Gasteiger partial charge in [0.05, 0.1) is 6.61 Å². The number of hydrogen-bond acceptors (Lipinski definition) is 3. The van der Waals surface area contributed by atoms with E-state index in [1.54, 1.807) is 6.92 Å². The number of rotatable bonds is 5. The van der Waals surface area contributed by atoms with Crippen molar-refractivity contribution < 1.29 is 23.8 Å². The van der Waals surface area contributed by atoms with Crippen LogP contribution in [0.5, 0.6) is 0 Å². The van der Waals surface area contributed by atoms with Crippen molar-refractivity contribution in [3.05, 3.63) is 35.6 Å². The van der Waals surface area contributed by atoms with E-state index in [2.05, 4.69) is 5.92 Å². The van der Waals surface area contributed by atoms with Crippen LogP contribution in [0.4, 0.5) is 4.39 Å². The zero-order valence-corrected chi connectivity index (χ0v) is 10.4. The summed E-state index contributed by atoms with van der Waals surface area (Å²) in [5, 5.41) is 9.38. The van der Waals surface area contributed by atoms with Gasteiger partial charge in [0.15, 0.2) is 0 Å². The normalized spacial score (nSPS) is 13.1. The van der Waals surface area contributed by atoms with E-state index in [4.69, 9.17) is 11.2 Å². The summed E-state index contributed by atoms with van der Waals surface area (Å²) in [6.07, 6.45) is 4.73. The van der Waals surface area contributed by atoms with E-state index >= 15 is 0 Å². The second kappa shape index (κ2) is 6.01. The van der Waals surface area contributed by atoms with Crippen LogP contribution in [0.25, 0.3) is 0 Å². The fourth-order valence-electron chi connectivity index (χ4n) is 1.74. The Hall–Kier alpha value is -2.35. The van der Waals surface area contributed by atoms with Gasteiger partial charge in [-0.15, -0.1) is 12.3 Å². The van der Waals surface area contributed by atoms with E-state index in [0.717, 1.165) is 12.1 Å². The molecule has 0 saturated heterocycles. The molecule has 1 aromatic rings. The first kappa shape index (κ1) is 14.7. The van der Waals surface area contributed by atoms with Crippen LogP contribution >= 0.6 is 0 Å². The number of aliphatic carboxylic acids is 1. The molecule has 0 saturated carbocycles. The van der Waals surface area contributed by atoms with Gasteiger partial charge in [0.25, 0.3) is 0 Å². The highest BCUT2D eigenvalue weighted by molar-refractivity contribution is 6.05. The van der Waals surface area contributed by atoms with Gasteiger partial charge in [-0.25, -0.2) is 4.39 Å². The zero-order chi connectivity index (χ0) is 14.5. The number of terminal acetylenes is 1. The van der Waals surface area contributed by atoms with Crippen LogP contribution in [0.1, 0.15) is 18.9 Å². The number of carboxylic acids is 1. The number of hydrogen-bond donors (Lipinski definition) is 1. The lowest BCUT2D eigenvalue weighted by molar-refractivity contribution is -0.161. The molecule has 5 heteroatoms.